The van der Waals surface area contributed by atoms with Gasteiger partial charge in [-0.3, -0.25) is 4.79 Å². The molecule has 114 valence electrons. The van der Waals surface area contributed by atoms with E-state index in [0.29, 0.717) is 11.7 Å². The molecule has 1 aromatic rings. The van der Waals surface area contributed by atoms with E-state index in [9.17, 15) is 4.79 Å². The Kier molecular flexibility index (Phi) is 4.77. The van der Waals surface area contributed by atoms with Crippen LogP contribution in [0.2, 0.25) is 0 Å². The highest BCUT2D eigenvalue weighted by atomic mass is 16.1. The number of aryl methyl sites for hydroxylation is 2. The van der Waals surface area contributed by atoms with Crippen molar-refractivity contribution in [2.75, 3.05) is 0 Å². The van der Waals surface area contributed by atoms with Gasteiger partial charge in [-0.15, -0.1) is 0 Å². The van der Waals surface area contributed by atoms with Gasteiger partial charge in [-0.2, -0.15) is 0 Å². The molecule has 0 atom stereocenters. The topological polar surface area (TPSA) is 17.1 Å². The fraction of sp³-hybridized carbons (Fsp3) is 0.650. The first-order valence-corrected chi connectivity index (χ1v) is 8.86. The fourth-order valence-electron chi connectivity index (χ4n) is 3.47. The van der Waals surface area contributed by atoms with Gasteiger partial charge in [0.1, 0.15) is 5.78 Å². The normalized spacial score (nSPS) is 18.5. The second-order valence-electron chi connectivity index (χ2n) is 7.13. The molecule has 0 saturated heterocycles. The Labute approximate surface area is 129 Å². The van der Waals surface area contributed by atoms with E-state index in [0.717, 1.165) is 31.6 Å². The van der Waals surface area contributed by atoms with Crippen molar-refractivity contribution < 1.29 is 4.79 Å². The van der Waals surface area contributed by atoms with Crippen LogP contribution in [0.4, 0.5) is 0 Å². The summed E-state index contributed by atoms with van der Waals surface area (Å²) in [4.78, 5) is 11.9. The number of carbonyl (C=O) groups excluding carboxylic acids is 1. The Balaban J connectivity index is 1.40. The largest absolute Gasteiger partial charge is 0.299 e. The van der Waals surface area contributed by atoms with Crippen molar-refractivity contribution in [1.82, 2.24) is 0 Å². The number of benzene rings is 1. The first-order valence-electron chi connectivity index (χ1n) is 8.86. The molecule has 0 aromatic heterocycles. The maximum atomic E-state index is 11.9. The molecule has 3 rings (SSSR count). The summed E-state index contributed by atoms with van der Waals surface area (Å²) in [6, 6.07) is 6.99. The van der Waals surface area contributed by atoms with Gasteiger partial charge in [-0.1, -0.05) is 36.6 Å². The average molecular weight is 284 g/mol. The van der Waals surface area contributed by atoms with Gasteiger partial charge in [-0.25, -0.2) is 0 Å². The van der Waals surface area contributed by atoms with Crippen molar-refractivity contribution >= 4 is 5.78 Å². The standard InChI is InChI=1S/C20H28O/c1-15-10-13-19(16-11-12-16)18(14-15)6-3-2-4-9-20(21)17-7-5-8-17/h10,13-14,16-17H,2-9,11-12H2,1H3. The van der Waals surface area contributed by atoms with Crippen molar-refractivity contribution in [2.45, 2.75) is 77.0 Å². The van der Waals surface area contributed by atoms with Crippen LogP contribution in [-0.4, -0.2) is 5.78 Å². The Morgan fingerprint density at radius 2 is 1.90 bits per heavy atom. The van der Waals surface area contributed by atoms with E-state index in [1.54, 1.807) is 11.1 Å². The van der Waals surface area contributed by atoms with Crippen LogP contribution in [0.5, 0.6) is 0 Å². The van der Waals surface area contributed by atoms with E-state index in [2.05, 4.69) is 25.1 Å². The molecule has 2 aliphatic rings. The third kappa shape index (κ3) is 3.96. The van der Waals surface area contributed by atoms with Gasteiger partial charge in [0, 0.05) is 12.3 Å². The van der Waals surface area contributed by atoms with E-state index in [4.69, 9.17) is 0 Å². The maximum Gasteiger partial charge on any atom is 0.135 e. The van der Waals surface area contributed by atoms with Crippen LogP contribution in [0.15, 0.2) is 18.2 Å². The molecule has 0 unspecified atom stereocenters. The average Bonchev–Trinajstić information content (AvgIpc) is 3.20. The van der Waals surface area contributed by atoms with Gasteiger partial charge in [0.25, 0.3) is 0 Å². The van der Waals surface area contributed by atoms with Crippen molar-refractivity contribution in [3.05, 3.63) is 34.9 Å². The molecular formula is C20H28O. The number of unbranched alkanes of at least 4 members (excludes halogenated alkanes) is 2. The summed E-state index contributed by atoms with van der Waals surface area (Å²) in [5.41, 5.74) is 4.56. The van der Waals surface area contributed by atoms with E-state index < -0.39 is 0 Å². The number of hydrogen-bond donors (Lipinski definition) is 0. The van der Waals surface area contributed by atoms with Crippen LogP contribution in [-0.2, 0) is 11.2 Å². The van der Waals surface area contributed by atoms with E-state index in [1.165, 1.54) is 44.1 Å². The number of rotatable bonds is 8. The van der Waals surface area contributed by atoms with Gasteiger partial charge in [0.05, 0.1) is 0 Å². The predicted octanol–water partition coefficient (Wildman–Crippen LogP) is 5.34. The van der Waals surface area contributed by atoms with Crippen molar-refractivity contribution in [1.29, 1.82) is 0 Å². The van der Waals surface area contributed by atoms with Crippen molar-refractivity contribution in [3.8, 4) is 0 Å². The molecule has 0 radical (unpaired) electrons. The minimum absolute atomic E-state index is 0.434. The summed E-state index contributed by atoms with van der Waals surface area (Å²) in [6.45, 7) is 2.19. The second-order valence-corrected chi connectivity index (χ2v) is 7.13. The number of carbonyl (C=O) groups is 1. The molecule has 21 heavy (non-hydrogen) atoms. The molecule has 0 N–H and O–H groups in total. The molecule has 2 aliphatic carbocycles. The van der Waals surface area contributed by atoms with E-state index >= 15 is 0 Å². The lowest BCUT2D eigenvalue weighted by Gasteiger charge is -2.23. The minimum atomic E-state index is 0.434. The lowest BCUT2D eigenvalue weighted by Crippen LogP contribution is -2.21. The lowest BCUT2D eigenvalue weighted by molar-refractivity contribution is -0.125. The third-order valence-electron chi connectivity index (χ3n) is 5.25. The molecule has 2 fully saturated rings. The molecule has 0 heterocycles. The van der Waals surface area contributed by atoms with Gasteiger partial charge in [0.15, 0.2) is 0 Å². The molecule has 0 aliphatic heterocycles. The van der Waals surface area contributed by atoms with Gasteiger partial charge >= 0.3 is 0 Å². The smallest absolute Gasteiger partial charge is 0.135 e. The van der Waals surface area contributed by atoms with Crippen LogP contribution in [0.25, 0.3) is 0 Å². The van der Waals surface area contributed by atoms with Crippen LogP contribution in [0.3, 0.4) is 0 Å². The van der Waals surface area contributed by atoms with Crippen molar-refractivity contribution in [2.24, 2.45) is 5.92 Å². The minimum Gasteiger partial charge on any atom is -0.299 e. The number of ketones is 1. The number of hydrogen-bond acceptors (Lipinski definition) is 1. The van der Waals surface area contributed by atoms with Crippen LogP contribution in [0.1, 0.15) is 80.4 Å². The fourth-order valence-corrected chi connectivity index (χ4v) is 3.47. The van der Waals surface area contributed by atoms with E-state index in [1.807, 2.05) is 0 Å². The van der Waals surface area contributed by atoms with Gasteiger partial charge in [-0.05, 0) is 68.9 Å². The Bertz CT molecular complexity index is 495. The first-order chi connectivity index (χ1) is 10.2. The lowest BCUT2D eigenvalue weighted by atomic mass is 9.80. The van der Waals surface area contributed by atoms with Crippen LogP contribution < -0.4 is 0 Å². The van der Waals surface area contributed by atoms with Crippen molar-refractivity contribution in [3.63, 3.8) is 0 Å². The number of Topliss-reactive ketones (excluding diaryl/α,β-unsaturated/α-hetero) is 1. The van der Waals surface area contributed by atoms with Gasteiger partial charge < -0.3 is 0 Å². The Hall–Kier alpha value is -1.11. The zero-order valence-corrected chi connectivity index (χ0v) is 13.4. The summed E-state index contributed by atoms with van der Waals surface area (Å²) < 4.78 is 0. The van der Waals surface area contributed by atoms with Crippen LogP contribution in [0, 0.1) is 12.8 Å². The van der Waals surface area contributed by atoms with Crippen LogP contribution >= 0.6 is 0 Å². The summed E-state index contributed by atoms with van der Waals surface area (Å²) in [5.74, 6) is 1.82. The Morgan fingerprint density at radius 3 is 2.57 bits per heavy atom. The summed E-state index contributed by atoms with van der Waals surface area (Å²) in [7, 11) is 0. The molecule has 0 spiro atoms. The second kappa shape index (κ2) is 6.77. The zero-order valence-electron chi connectivity index (χ0n) is 13.4. The van der Waals surface area contributed by atoms with Gasteiger partial charge in [0.2, 0.25) is 0 Å². The molecule has 2 saturated carbocycles. The first kappa shape index (κ1) is 14.8. The third-order valence-corrected chi connectivity index (χ3v) is 5.25. The highest BCUT2D eigenvalue weighted by Crippen LogP contribution is 2.42. The summed E-state index contributed by atoms with van der Waals surface area (Å²) >= 11 is 0. The molecule has 1 nitrogen and oxygen atoms in total. The molecule has 0 amide bonds. The summed E-state index contributed by atoms with van der Waals surface area (Å²) in [6.07, 6.45) is 11.9. The Morgan fingerprint density at radius 1 is 1.10 bits per heavy atom. The zero-order chi connectivity index (χ0) is 14.7. The highest BCUT2D eigenvalue weighted by molar-refractivity contribution is 5.81. The molecule has 1 heteroatoms. The maximum absolute atomic E-state index is 11.9. The predicted molar refractivity (Wildman–Crippen MR) is 87.7 cm³/mol. The SMILES string of the molecule is Cc1ccc(C2CC2)c(CCCCCC(=O)C2CCC2)c1. The quantitative estimate of drug-likeness (QED) is 0.588. The summed E-state index contributed by atoms with van der Waals surface area (Å²) in [5, 5.41) is 0. The highest BCUT2D eigenvalue weighted by Gasteiger charge is 2.26. The molecule has 0 bridgehead atoms. The van der Waals surface area contributed by atoms with E-state index in [-0.39, 0.29) is 0 Å². The molecule has 1 aromatic carbocycles. The monoisotopic (exact) mass is 284 g/mol. The molecular weight excluding hydrogens is 256 g/mol.